The summed E-state index contributed by atoms with van der Waals surface area (Å²) in [5, 5.41) is 7.00. The molecule has 2 unspecified atom stereocenters. The second-order valence-corrected chi connectivity index (χ2v) is 9.63. The van der Waals surface area contributed by atoms with E-state index in [1.807, 2.05) is 18.0 Å². The summed E-state index contributed by atoms with van der Waals surface area (Å²) < 4.78 is 0. The number of aliphatic imine (C=N–C) groups is 1. The standard InChI is InChI=1S/C25H42N6O.HI/c1-20(2)23(30-14-12-29(4)13-15-30)18-28-25(26-3)27-17-22-16-24(32)31(19-22)11-10-21-8-6-5-7-9-21;/h5-9,20,22-23H,10-19H2,1-4H3,(H2,26,27,28);1H. The van der Waals surface area contributed by atoms with Gasteiger partial charge in [0.1, 0.15) is 0 Å². The molecule has 2 fully saturated rings. The van der Waals surface area contributed by atoms with Gasteiger partial charge >= 0.3 is 0 Å². The molecule has 2 aliphatic heterocycles. The Balaban J connectivity index is 0.00000385. The molecule has 1 aromatic rings. The summed E-state index contributed by atoms with van der Waals surface area (Å²) in [6, 6.07) is 10.9. The molecule has 8 heteroatoms. The molecular weight excluding hydrogens is 527 g/mol. The van der Waals surface area contributed by atoms with Gasteiger partial charge in [0.15, 0.2) is 5.96 Å². The van der Waals surface area contributed by atoms with E-state index in [0.717, 1.165) is 64.7 Å². The third-order valence-electron chi connectivity index (χ3n) is 6.84. The second-order valence-electron chi connectivity index (χ2n) is 9.63. The summed E-state index contributed by atoms with van der Waals surface area (Å²) >= 11 is 0. The average molecular weight is 571 g/mol. The average Bonchev–Trinajstić information content (AvgIpc) is 3.15. The highest BCUT2D eigenvalue weighted by Crippen LogP contribution is 2.18. The van der Waals surface area contributed by atoms with Gasteiger partial charge in [-0.05, 0) is 24.9 Å². The summed E-state index contributed by atoms with van der Waals surface area (Å²) in [6.45, 7) is 12.4. The number of likely N-dealkylation sites (tertiary alicyclic amines) is 1. The van der Waals surface area contributed by atoms with Crippen molar-refractivity contribution in [1.82, 2.24) is 25.3 Å². The lowest BCUT2D eigenvalue weighted by molar-refractivity contribution is -0.127. The van der Waals surface area contributed by atoms with Crippen LogP contribution >= 0.6 is 24.0 Å². The number of hydrogen-bond acceptors (Lipinski definition) is 4. The van der Waals surface area contributed by atoms with Gasteiger partial charge in [-0.1, -0.05) is 44.2 Å². The van der Waals surface area contributed by atoms with Crippen LogP contribution in [-0.4, -0.2) is 99.1 Å². The van der Waals surface area contributed by atoms with Crippen molar-refractivity contribution in [3.05, 3.63) is 35.9 Å². The molecule has 2 heterocycles. The van der Waals surface area contributed by atoms with Gasteiger partial charge in [-0.2, -0.15) is 0 Å². The van der Waals surface area contributed by atoms with Crippen LogP contribution in [0.5, 0.6) is 0 Å². The number of halogens is 1. The van der Waals surface area contributed by atoms with Crippen LogP contribution in [0.4, 0.5) is 0 Å². The Morgan fingerprint density at radius 1 is 1.12 bits per heavy atom. The topological polar surface area (TPSA) is 63.2 Å². The van der Waals surface area contributed by atoms with Crippen LogP contribution < -0.4 is 10.6 Å². The molecule has 0 aromatic heterocycles. The van der Waals surface area contributed by atoms with Gasteiger partial charge < -0.3 is 20.4 Å². The normalized spacial score (nSPS) is 21.2. The minimum absolute atomic E-state index is 0. The highest BCUT2D eigenvalue weighted by molar-refractivity contribution is 14.0. The number of benzene rings is 1. The fraction of sp³-hybridized carbons (Fsp3) is 0.680. The SMILES string of the molecule is CN=C(NCC1CC(=O)N(CCc2ccccc2)C1)NCC(C(C)C)N1CCN(C)CC1.I. The van der Waals surface area contributed by atoms with E-state index < -0.39 is 0 Å². The van der Waals surface area contributed by atoms with Crippen LogP contribution in [0.3, 0.4) is 0 Å². The number of carbonyl (C=O) groups is 1. The van der Waals surface area contributed by atoms with E-state index in [-0.39, 0.29) is 29.9 Å². The quantitative estimate of drug-likeness (QED) is 0.271. The van der Waals surface area contributed by atoms with E-state index in [1.165, 1.54) is 5.56 Å². The number of guanidine groups is 1. The minimum Gasteiger partial charge on any atom is -0.356 e. The molecule has 2 N–H and O–H groups in total. The first-order chi connectivity index (χ1) is 15.5. The zero-order valence-corrected chi connectivity index (χ0v) is 23.1. The summed E-state index contributed by atoms with van der Waals surface area (Å²) in [5.41, 5.74) is 1.28. The third-order valence-corrected chi connectivity index (χ3v) is 6.84. The molecule has 1 aromatic carbocycles. The van der Waals surface area contributed by atoms with Crippen molar-refractivity contribution in [2.45, 2.75) is 32.7 Å². The van der Waals surface area contributed by atoms with Crippen LogP contribution in [0, 0.1) is 11.8 Å². The first kappa shape index (κ1) is 27.9. The Morgan fingerprint density at radius 2 is 1.82 bits per heavy atom. The van der Waals surface area contributed by atoms with E-state index in [9.17, 15) is 4.79 Å². The van der Waals surface area contributed by atoms with E-state index in [2.05, 4.69) is 70.6 Å². The molecule has 33 heavy (non-hydrogen) atoms. The van der Waals surface area contributed by atoms with Gasteiger partial charge in [0.2, 0.25) is 5.91 Å². The minimum atomic E-state index is 0. The lowest BCUT2D eigenvalue weighted by atomic mass is 10.0. The predicted octanol–water partition coefficient (Wildman–Crippen LogP) is 2.13. The number of nitrogens with zero attached hydrogens (tertiary/aromatic N) is 4. The molecule has 186 valence electrons. The smallest absolute Gasteiger partial charge is 0.223 e. The van der Waals surface area contributed by atoms with Crippen molar-refractivity contribution in [2.75, 3.05) is 66.5 Å². The first-order valence-corrected chi connectivity index (χ1v) is 12.1. The van der Waals surface area contributed by atoms with Gasteiger partial charge in [0.25, 0.3) is 0 Å². The Kier molecular flexibility index (Phi) is 11.9. The second kappa shape index (κ2) is 14.1. The molecule has 0 radical (unpaired) electrons. The van der Waals surface area contributed by atoms with Crippen molar-refractivity contribution >= 4 is 35.8 Å². The highest BCUT2D eigenvalue weighted by atomic mass is 127. The maximum atomic E-state index is 12.5. The van der Waals surface area contributed by atoms with Crippen LogP contribution in [0.25, 0.3) is 0 Å². The van der Waals surface area contributed by atoms with Gasteiger partial charge in [-0.25, -0.2) is 0 Å². The number of piperazine rings is 1. The Labute approximate surface area is 217 Å². The van der Waals surface area contributed by atoms with Crippen molar-refractivity contribution < 1.29 is 4.79 Å². The molecule has 0 spiro atoms. The van der Waals surface area contributed by atoms with Crippen molar-refractivity contribution in [3.63, 3.8) is 0 Å². The number of rotatable bonds is 9. The molecule has 3 rings (SSSR count). The van der Waals surface area contributed by atoms with E-state index >= 15 is 0 Å². The van der Waals surface area contributed by atoms with Crippen molar-refractivity contribution in [3.8, 4) is 0 Å². The van der Waals surface area contributed by atoms with Gasteiger partial charge in [0, 0.05) is 77.8 Å². The molecule has 2 aliphatic rings. The van der Waals surface area contributed by atoms with Gasteiger partial charge in [-0.3, -0.25) is 14.7 Å². The lowest BCUT2D eigenvalue weighted by Gasteiger charge is -2.40. The molecule has 2 atom stereocenters. The van der Waals surface area contributed by atoms with Crippen molar-refractivity contribution in [2.24, 2.45) is 16.8 Å². The zero-order chi connectivity index (χ0) is 22.9. The first-order valence-electron chi connectivity index (χ1n) is 12.1. The van der Waals surface area contributed by atoms with Crippen LogP contribution in [0.15, 0.2) is 35.3 Å². The molecule has 0 aliphatic carbocycles. The van der Waals surface area contributed by atoms with E-state index in [4.69, 9.17) is 0 Å². The molecule has 7 nitrogen and oxygen atoms in total. The Hall–Kier alpha value is -1.39. The summed E-state index contributed by atoms with van der Waals surface area (Å²) in [5.74, 6) is 2.01. The summed E-state index contributed by atoms with van der Waals surface area (Å²) in [7, 11) is 4.02. The largest absolute Gasteiger partial charge is 0.356 e. The van der Waals surface area contributed by atoms with Gasteiger partial charge in [0.05, 0.1) is 0 Å². The van der Waals surface area contributed by atoms with Crippen LogP contribution in [0.2, 0.25) is 0 Å². The summed E-state index contributed by atoms with van der Waals surface area (Å²) in [6.07, 6.45) is 1.54. The molecule has 0 bridgehead atoms. The molecule has 0 saturated carbocycles. The molecule has 1 amide bonds. The Bertz CT molecular complexity index is 736. The summed E-state index contributed by atoms with van der Waals surface area (Å²) in [4.78, 5) is 23.9. The zero-order valence-electron chi connectivity index (χ0n) is 20.8. The van der Waals surface area contributed by atoms with Gasteiger partial charge in [-0.15, -0.1) is 24.0 Å². The predicted molar refractivity (Wildman–Crippen MR) is 147 cm³/mol. The highest BCUT2D eigenvalue weighted by Gasteiger charge is 2.29. The number of carbonyl (C=O) groups excluding carboxylic acids is 1. The maximum absolute atomic E-state index is 12.5. The molecular formula is C25H43IN6O. The van der Waals surface area contributed by atoms with E-state index in [0.29, 0.717) is 24.3 Å². The molecule has 2 saturated heterocycles. The number of hydrogen-bond donors (Lipinski definition) is 2. The van der Waals surface area contributed by atoms with Crippen molar-refractivity contribution in [1.29, 1.82) is 0 Å². The number of nitrogens with one attached hydrogen (secondary N) is 2. The number of amides is 1. The fourth-order valence-electron chi connectivity index (χ4n) is 4.72. The number of likely N-dealkylation sites (N-methyl/N-ethyl adjacent to an activating group) is 1. The maximum Gasteiger partial charge on any atom is 0.223 e. The fourth-order valence-corrected chi connectivity index (χ4v) is 4.72. The lowest BCUT2D eigenvalue weighted by Crippen LogP contribution is -2.55. The third kappa shape index (κ3) is 8.72. The van der Waals surface area contributed by atoms with Crippen LogP contribution in [0.1, 0.15) is 25.8 Å². The monoisotopic (exact) mass is 570 g/mol. The van der Waals surface area contributed by atoms with E-state index in [1.54, 1.807) is 0 Å². The Morgan fingerprint density at radius 3 is 2.45 bits per heavy atom. The van der Waals surface area contributed by atoms with Crippen LogP contribution in [-0.2, 0) is 11.2 Å².